The second-order valence-corrected chi connectivity index (χ2v) is 16.8. The molecule has 0 aliphatic rings. The van der Waals surface area contributed by atoms with Crippen molar-refractivity contribution in [3.05, 3.63) is 54.5 Å². The van der Waals surface area contributed by atoms with Crippen LogP contribution in [0.1, 0.15) is 119 Å². The molecule has 3 unspecified atom stereocenters. The molecule has 8 nitrogen and oxygen atoms in total. The highest BCUT2D eigenvalue weighted by atomic mass is 15.3. The summed E-state index contributed by atoms with van der Waals surface area (Å²) < 4.78 is 0.808. The van der Waals surface area contributed by atoms with Crippen LogP contribution in [0.15, 0.2) is 48.8 Å². The highest BCUT2D eigenvalue weighted by molar-refractivity contribution is 6.19. The number of aromatic amines is 3. The molecular formula is C45H75N8+. The zero-order chi connectivity index (χ0) is 38.9. The van der Waals surface area contributed by atoms with E-state index in [1.165, 1.54) is 67.0 Å². The van der Waals surface area contributed by atoms with Crippen molar-refractivity contribution in [1.82, 2.24) is 20.3 Å². The van der Waals surface area contributed by atoms with Gasteiger partial charge in [0.15, 0.2) is 0 Å². The quantitative estimate of drug-likeness (QED) is 0.0339. The van der Waals surface area contributed by atoms with Crippen molar-refractivity contribution < 1.29 is 4.48 Å². The highest BCUT2D eigenvalue weighted by Crippen LogP contribution is 2.46. The van der Waals surface area contributed by atoms with Crippen LogP contribution in [0.25, 0.3) is 33.1 Å². The average molecular weight is 728 g/mol. The minimum atomic E-state index is -0.133. The molecule has 6 N–H and O–H groups in total. The monoisotopic (exact) mass is 728 g/mol. The number of hydrogen-bond donors (Lipinski definition) is 6. The summed E-state index contributed by atoms with van der Waals surface area (Å²) in [6.07, 6.45) is 14.8. The van der Waals surface area contributed by atoms with E-state index in [1.807, 2.05) is 6.08 Å². The van der Waals surface area contributed by atoms with Crippen LogP contribution in [0, 0.1) is 11.8 Å². The normalized spacial score (nSPS) is 14.8. The number of aromatic nitrogens is 3. The van der Waals surface area contributed by atoms with Gasteiger partial charge < -0.3 is 40.3 Å². The van der Waals surface area contributed by atoms with Crippen LogP contribution < -0.4 is 20.9 Å². The Labute approximate surface area is 322 Å². The maximum Gasteiger partial charge on any atom is 0.136 e. The number of fused-ring (bicyclic) bond motifs is 2. The molecule has 4 rings (SSSR count). The van der Waals surface area contributed by atoms with Crippen molar-refractivity contribution in [2.24, 2.45) is 11.8 Å². The number of rotatable bonds is 23. The predicted molar refractivity (Wildman–Crippen MR) is 234 cm³/mol. The van der Waals surface area contributed by atoms with Gasteiger partial charge in [-0.15, -0.1) is 0 Å². The smallest absolute Gasteiger partial charge is 0.136 e. The van der Waals surface area contributed by atoms with Gasteiger partial charge in [-0.25, -0.2) is 0 Å². The predicted octanol–water partition coefficient (Wildman–Crippen LogP) is 11.7. The van der Waals surface area contributed by atoms with Gasteiger partial charge >= 0.3 is 0 Å². The second kappa shape index (κ2) is 18.5. The molecule has 3 atom stereocenters. The molecule has 3 aromatic heterocycles. The van der Waals surface area contributed by atoms with Crippen molar-refractivity contribution in [3.8, 4) is 11.3 Å². The van der Waals surface area contributed by atoms with Gasteiger partial charge in [-0.05, 0) is 75.8 Å². The van der Waals surface area contributed by atoms with Gasteiger partial charge in [-0.1, -0.05) is 85.8 Å². The lowest BCUT2D eigenvalue weighted by Crippen LogP contribution is -2.52. The van der Waals surface area contributed by atoms with Gasteiger partial charge in [0.05, 0.1) is 43.6 Å². The van der Waals surface area contributed by atoms with Crippen LogP contribution in [-0.4, -0.2) is 66.8 Å². The number of H-pyrrole nitrogens is 3. The van der Waals surface area contributed by atoms with Gasteiger partial charge in [0.2, 0.25) is 0 Å². The number of anilines is 3. The first-order chi connectivity index (χ1) is 25.3. The van der Waals surface area contributed by atoms with Crippen molar-refractivity contribution in [1.29, 1.82) is 0 Å². The fourth-order valence-electron chi connectivity index (χ4n) is 7.58. The van der Waals surface area contributed by atoms with E-state index >= 15 is 0 Å². The molecule has 0 fully saturated rings. The Bertz CT molecular complexity index is 1780. The Kier molecular flexibility index (Phi) is 14.7. The van der Waals surface area contributed by atoms with Gasteiger partial charge in [0.1, 0.15) is 23.0 Å². The van der Waals surface area contributed by atoms with Gasteiger partial charge in [-0.2, -0.15) is 0 Å². The minimum absolute atomic E-state index is 0.133. The van der Waals surface area contributed by atoms with Crippen molar-refractivity contribution in [2.45, 2.75) is 125 Å². The van der Waals surface area contributed by atoms with E-state index in [0.717, 1.165) is 70.3 Å². The van der Waals surface area contributed by atoms with E-state index in [1.54, 1.807) is 0 Å². The standard InChI is InChI=1S/C45H75N8/c1-14-20-23-32(17-4)29-46-38(22-16-3)50-44-35-27-37(45(9,19-6)53(11,12)13)49-42(35)41(34-28-40(51-43(34)44)52(10)31(7)8)36-25-26-39(48-36)47-30-33(18-5)24-21-15-2/h16,22,25-28,31-33,46-51H,3,14-15,17-21,23-24,29-30H2,1-2,4-13H3/q+1/b38-22-. The van der Waals surface area contributed by atoms with E-state index in [-0.39, 0.29) is 5.54 Å². The molecule has 4 aromatic rings. The Hall–Kier alpha value is -3.78. The summed E-state index contributed by atoms with van der Waals surface area (Å²) in [4.78, 5) is 14.1. The van der Waals surface area contributed by atoms with Crippen LogP contribution in [0.2, 0.25) is 0 Å². The molecule has 0 aliphatic carbocycles. The topological polar surface area (TPSA) is 86.7 Å². The fraction of sp³-hybridized carbons (Fsp3) is 0.600. The van der Waals surface area contributed by atoms with Gasteiger partial charge in [0, 0.05) is 54.6 Å². The number of quaternary nitrogens is 1. The first-order valence-electron chi connectivity index (χ1n) is 20.8. The van der Waals surface area contributed by atoms with E-state index in [9.17, 15) is 0 Å². The molecule has 0 spiro atoms. The molecule has 0 saturated heterocycles. The summed E-state index contributed by atoms with van der Waals surface area (Å²) in [5, 5.41) is 13.8. The number of nitrogens with one attached hydrogen (secondary N) is 6. The van der Waals surface area contributed by atoms with Crippen molar-refractivity contribution in [3.63, 3.8) is 0 Å². The maximum absolute atomic E-state index is 4.10. The zero-order valence-electron chi connectivity index (χ0n) is 35.6. The molecule has 0 aliphatic heterocycles. The van der Waals surface area contributed by atoms with Crippen molar-refractivity contribution in [2.75, 3.05) is 56.8 Å². The first kappa shape index (κ1) is 42.0. The average Bonchev–Trinajstić information content (AvgIpc) is 3.90. The molecular weight excluding hydrogens is 653 g/mol. The summed E-state index contributed by atoms with van der Waals surface area (Å²) in [6, 6.07) is 9.54. The molecule has 8 heteroatoms. The largest absolute Gasteiger partial charge is 0.371 e. The first-order valence-corrected chi connectivity index (χ1v) is 20.8. The summed E-state index contributed by atoms with van der Waals surface area (Å²) >= 11 is 0. The van der Waals surface area contributed by atoms with Crippen molar-refractivity contribution >= 4 is 39.1 Å². The maximum atomic E-state index is 4.10. The van der Waals surface area contributed by atoms with Crippen LogP contribution in [0.4, 0.5) is 17.3 Å². The molecule has 0 amide bonds. The molecule has 0 bridgehead atoms. The Morgan fingerprint density at radius 3 is 2.11 bits per heavy atom. The molecule has 1 aromatic carbocycles. The fourth-order valence-corrected chi connectivity index (χ4v) is 7.58. The van der Waals surface area contributed by atoms with Crippen LogP contribution in [-0.2, 0) is 5.54 Å². The third-order valence-electron chi connectivity index (χ3n) is 12.3. The van der Waals surface area contributed by atoms with Crippen LogP contribution >= 0.6 is 0 Å². The van der Waals surface area contributed by atoms with E-state index in [0.29, 0.717) is 17.9 Å². The zero-order valence-corrected chi connectivity index (χ0v) is 35.6. The lowest BCUT2D eigenvalue weighted by Gasteiger charge is -2.43. The third kappa shape index (κ3) is 9.48. The number of nitrogens with zero attached hydrogens (tertiary/aromatic N) is 2. The van der Waals surface area contributed by atoms with Crippen LogP contribution in [0.5, 0.6) is 0 Å². The Balaban J connectivity index is 1.96. The molecule has 0 saturated carbocycles. The van der Waals surface area contributed by atoms with Gasteiger partial charge in [0.25, 0.3) is 0 Å². The van der Waals surface area contributed by atoms with Crippen LogP contribution in [0.3, 0.4) is 0 Å². The molecule has 53 heavy (non-hydrogen) atoms. The summed E-state index contributed by atoms with van der Waals surface area (Å²) in [5.74, 6) is 4.41. The Morgan fingerprint density at radius 2 is 1.55 bits per heavy atom. The molecule has 294 valence electrons. The van der Waals surface area contributed by atoms with Gasteiger partial charge in [-0.3, -0.25) is 0 Å². The third-order valence-corrected chi connectivity index (χ3v) is 12.3. The van der Waals surface area contributed by atoms with E-state index < -0.39 is 0 Å². The minimum Gasteiger partial charge on any atom is -0.371 e. The lowest BCUT2D eigenvalue weighted by molar-refractivity contribution is -0.930. The SMILES string of the molecule is C=C/C=C(/NCC(CC)CCCC)Nc1c2cc(C(C)(CC)[N+](C)(C)C)[nH]c2c(-c2ccc(NCC(CC)CCCC)[nH]2)c2cc(N(C)C(C)C)[nH]c12. The number of hydrogen-bond acceptors (Lipinski definition) is 4. The van der Waals surface area contributed by atoms with E-state index in [4.69, 9.17) is 0 Å². The molecule has 3 heterocycles. The summed E-state index contributed by atoms with van der Waals surface area (Å²) in [7, 11) is 9.08. The number of allylic oxidation sites excluding steroid dienone is 2. The Morgan fingerprint density at radius 1 is 0.887 bits per heavy atom. The molecule has 0 radical (unpaired) electrons. The summed E-state index contributed by atoms with van der Waals surface area (Å²) in [5.41, 5.74) is 6.69. The van der Waals surface area contributed by atoms with E-state index in [2.05, 4.69) is 156 Å². The summed E-state index contributed by atoms with van der Waals surface area (Å²) in [6.45, 7) is 24.3. The number of unbranched alkanes of at least 4 members (excludes halogenated alkanes) is 2. The highest BCUT2D eigenvalue weighted by Gasteiger charge is 2.40. The second-order valence-electron chi connectivity index (χ2n) is 16.8. The lowest BCUT2D eigenvalue weighted by atomic mass is 9.91. The number of benzene rings is 1.